The molecular weight excluding hydrogens is 266 g/mol. The number of H-pyrrole nitrogens is 1. The van der Waals surface area contributed by atoms with Crippen LogP contribution in [0.3, 0.4) is 0 Å². The minimum atomic E-state index is -0.692. The molecule has 0 aromatic carbocycles. The molecule has 0 unspecified atom stereocenters. The van der Waals surface area contributed by atoms with E-state index in [0.29, 0.717) is 0 Å². The summed E-state index contributed by atoms with van der Waals surface area (Å²) < 4.78 is 2.64. The minimum Gasteiger partial charge on any atom is -0.390 e. The van der Waals surface area contributed by atoms with Crippen LogP contribution in [0.4, 0.5) is 5.95 Å². The van der Waals surface area contributed by atoms with Crippen molar-refractivity contribution in [2.45, 2.75) is 37.8 Å². The first-order valence-corrected chi connectivity index (χ1v) is 6.49. The average molecular weight is 277 g/mol. The van der Waals surface area contributed by atoms with Crippen LogP contribution in [0.2, 0.25) is 0 Å². The van der Waals surface area contributed by atoms with E-state index >= 15 is 0 Å². The van der Waals surface area contributed by atoms with E-state index in [4.69, 9.17) is 0 Å². The maximum Gasteiger partial charge on any atom is 0.435 e. The van der Waals surface area contributed by atoms with Gasteiger partial charge in [-0.25, -0.2) is 9.78 Å². The lowest BCUT2D eigenvalue weighted by atomic mass is 10.4. The summed E-state index contributed by atoms with van der Waals surface area (Å²) in [6.07, 6.45) is 3.25. The van der Waals surface area contributed by atoms with E-state index in [9.17, 15) is 19.7 Å². The lowest BCUT2D eigenvalue weighted by Gasteiger charge is -2.07. The number of hydrogen-bond donors (Lipinski definition) is 1. The molecule has 2 aromatic heterocycles. The molecule has 0 spiro atoms. The topological polar surface area (TPSA) is 116 Å². The van der Waals surface area contributed by atoms with Crippen LogP contribution in [0.15, 0.2) is 9.59 Å². The van der Waals surface area contributed by atoms with Gasteiger partial charge in [0.1, 0.15) is 0 Å². The van der Waals surface area contributed by atoms with Crippen molar-refractivity contribution < 1.29 is 4.92 Å². The summed E-state index contributed by atoms with van der Waals surface area (Å²) in [5.41, 5.74) is -0.750. The third-order valence-electron chi connectivity index (χ3n) is 3.74. The van der Waals surface area contributed by atoms with E-state index in [1.165, 1.54) is 9.13 Å². The van der Waals surface area contributed by atoms with Crippen LogP contribution >= 0.6 is 0 Å². The Morgan fingerprint density at radius 2 is 1.75 bits per heavy atom. The largest absolute Gasteiger partial charge is 0.435 e. The van der Waals surface area contributed by atoms with Crippen LogP contribution in [0, 0.1) is 10.1 Å². The second kappa shape index (κ2) is 3.56. The molecule has 0 atom stereocenters. The van der Waals surface area contributed by atoms with E-state index in [0.717, 1.165) is 25.7 Å². The number of rotatable bonds is 3. The van der Waals surface area contributed by atoms with Gasteiger partial charge in [0, 0.05) is 12.1 Å². The number of nitrogens with zero attached hydrogens (tertiary/aromatic N) is 4. The molecule has 0 amide bonds. The summed E-state index contributed by atoms with van der Waals surface area (Å²) >= 11 is 0. The smallest absolute Gasteiger partial charge is 0.390 e. The Kier molecular flexibility index (Phi) is 2.02. The van der Waals surface area contributed by atoms with Crippen molar-refractivity contribution in [3.05, 3.63) is 31.0 Å². The molecule has 0 radical (unpaired) electrons. The van der Waals surface area contributed by atoms with Crippen LogP contribution in [-0.4, -0.2) is 24.0 Å². The lowest BCUT2D eigenvalue weighted by Crippen LogP contribution is -2.39. The van der Waals surface area contributed by atoms with Gasteiger partial charge in [0.15, 0.2) is 0 Å². The van der Waals surface area contributed by atoms with Crippen LogP contribution in [0.5, 0.6) is 0 Å². The highest BCUT2D eigenvalue weighted by molar-refractivity contribution is 5.71. The number of hydrogen-bond acceptors (Lipinski definition) is 5. The number of aromatic amines is 1. The van der Waals surface area contributed by atoms with Crippen LogP contribution in [0.25, 0.3) is 11.2 Å². The van der Waals surface area contributed by atoms with Gasteiger partial charge in [-0.05, 0) is 35.6 Å². The van der Waals surface area contributed by atoms with Crippen molar-refractivity contribution in [3.8, 4) is 0 Å². The fraction of sp³-hybridized carbons (Fsp3) is 0.545. The molecule has 1 N–H and O–H groups in total. The third-order valence-corrected chi connectivity index (χ3v) is 3.74. The first kappa shape index (κ1) is 11.4. The molecule has 9 heteroatoms. The van der Waals surface area contributed by atoms with Crippen LogP contribution < -0.4 is 11.2 Å². The molecule has 0 aliphatic heterocycles. The minimum absolute atomic E-state index is 0.00139. The van der Waals surface area contributed by atoms with Gasteiger partial charge in [-0.3, -0.25) is 13.9 Å². The zero-order valence-corrected chi connectivity index (χ0v) is 10.4. The Hall–Kier alpha value is -2.45. The van der Waals surface area contributed by atoms with Crippen molar-refractivity contribution in [1.82, 2.24) is 19.1 Å². The van der Waals surface area contributed by atoms with Crippen molar-refractivity contribution in [2.24, 2.45) is 0 Å². The Balaban J connectivity index is 2.13. The molecule has 9 nitrogen and oxygen atoms in total. The van der Waals surface area contributed by atoms with Crippen molar-refractivity contribution in [1.29, 1.82) is 0 Å². The predicted molar refractivity (Wildman–Crippen MR) is 67.8 cm³/mol. The van der Waals surface area contributed by atoms with Crippen molar-refractivity contribution in [3.63, 3.8) is 0 Å². The number of aromatic nitrogens is 4. The van der Waals surface area contributed by atoms with Crippen molar-refractivity contribution >= 4 is 17.1 Å². The molecule has 104 valence electrons. The molecule has 2 fully saturated rings. The Bertz CT molecular complexity index is 852. The molecule has 2 saturated carbocycles. The Morgan fingerprint density at radius 1 is 1.15 bits per heavy atom. The number of fused-ring (bicyclic) bond motifs is 1. The summed E-state index contributed by atoms with van der Waals surface area (Å²) in [6, 6.07) is -0.0785. The van der Waals surface area contributed by atoms with Gasteiger partial charge in [0.25, 0.3) is 11.2 Å². The maximum atomic E-state index is 12.4. The third kappa shape index (κ3) is 1.46. The number of nitro groups is 1. The predicted octanol–water partition coefficient (Wildman–Crippen LogP) is 0.464. The van der Waals surface area contributed by atoms with Gasteiger partial charge >= 0.3 is 11.6 Å². The molecule has 2 aliphatic rings. The van der Waals surface area contributed by atoms with Gasteiger partial charge in [0.2, 0.25) is 5.52 Å². The second-order valence-corrected chi connectivity index (χ2v) is 5.31. The van der Waals surface area contributed by atoms with E-state index in [2.05, 4.69) is 9.97 Å². The number of nitrogens with one attached hydrogen (secondary N) is 1. The van der Waals surface area contributed by atoms with Gasteiger partial charge in [0.05, 0.1) is 0 Å². The van der Waals surface area contributed by atoms with E-state index < -0.39 is 22.1 Å². The van der Waals surface area contributed by atoms with Crippen LogP contribution in [0.1, 0.15) is 37.8 Å². The molecular formula is C11H11N5O4. The molecule has 4 rings (SSSR count). The highest BCUT2D eigenvalue weighted by Crippen LogP contribution is 2.37. The van der Waals surface area contributed by atoms with E-state index in [1.807, 2.05) is 0 Å². The highest BCUT2D eigenvalue weighted by Gasteiger charge is 2.36. The molecule has 2 heterocycles. The molecule has 2 aliphatic carbocycles. The first-order chi connectivity index (χ1) is 9.58. The lowest BCUT2D eigenvalue weighted by molar-refractivity contribution is -0.393. The fourth-order valence-corrected chi connectivity index (χ4v) is 2.49. The summed E-state index contributed by atoms with van der Waals surface area (Å²) in [5.74, 6) is -0.501. The fourth-order valence-electron chi connectivity index (χ4n) is 2.49. The van der Waals surface area contributed by atoms with Gasteiger partial charge in [-0.1, -0.05) is 0 Å². The zero-order chi connectivity index (χ0) is 14.0. The SMILES string of the molecule is O=c1c2[nH]c([N+](=O)[O-])nc2n(C2CC2)c(=O)n1C1CC1. The molecule has 0 saturated heterocycles. The Labute approximate surface area is 111 Å². The summed E-state index contributed by atoms with van der Waals surface area (Å²) in [5, 5.41) is 10.8. The van der Waals surface area contributed by atoms with Gasteiger partial charge in [-0.2, -0.15) is 0 Å². The quantitative estimate of drug-likeness (QED) is 0.646. The zero-order valence-electron chi connectivity index (χ0n) is 10.4. The molecule has 2 aromatic rings. The maximum absolute atomic E-state index is 12.4. The van der Waals surface area contributed by atoms with Crippen LogP contribution in [-0.2, 0) is 0 Å². The van der Waals surface area contributed by atoms with Gasteiger partial charge < -0.3 is 10.1 Å². The monoisotopic (exact) mass is 277 g/mol. The second-order valence-electron chi connectivity index (χ2n) is 5.31. The highest BCUT2D eigenvalue weighted by atomic mass is 16.6. The standard InChI is InChI=1S/C11H11N5O4/c17-9-7-8(13-10(12-7)16(19)20)14(5-1-2-5)11(18)15(9)6-3-4-6/h5-6H,1-4H2,(H,12,13). The average Bonchev–Trinajstić information content (AvgIpc) is 3.29. The summed E-state index contributed by atoms with van der Waals surface area (Å²) in [6.45, 7) is 0. The molecule has 0 bridgehead atoms. The number of imidazole rings is 1. The normalized spacial score (nSPS) is 18.6. The van der Waals surface area contributed by atoms with Gasteiger partial charge in [-0.15, -0.1) is 0 Å². The van der Waals surface area contributed by atoms with Crippen molar-refractivity contribution in [2.75, 3.05) is 0 Å². The summed E-state index contributed by atoms with van der Waals surface area (Å²) in [7, 11) is 0. The molecule has 20 heavy (non-hydrogen) atoms. The Morgan fingerprint density at radius 3 is 2.30 bits per heavy atom. The summed E-state index contributed by atoms with van der Waals surface area (Å²) in [4.78, 5) is 41.1. The first-order valence-electron chi connectivity index (χ1n) is 6.49. The van der Waals surface area contributed by atoms with E-state index in [1.54, 1.807) is 0 Å². The van der Waals surface area contributed by atoms with E-state index in [-0.39, 0.29) is 23.2 Å².